The van der Waals surface area contributed by atoms with Gasteiger partial charge in [0, 0.05) is 11.1 Å². The Morgan fingerprint density at radius 2 is 2.38 bits per heavy atom. The molecule has 0 saturated heterocycles. The van der Waals surface area contributed by atoms with Gasteiger partial charge in [0.2, 0.25) is 0 Å². The molecule has 68 valence electrons. The van der Waals surface area contributed by atoms with E-state index in [1.807, 2.05) is 28.4 Å². The molecule has 0 aromatic carbocycles. The van der Waals surface area contributed by atoms with E-state index >= 15 is 0 Å². The van der Waals surface area contributed by atoms with Gasteiger partial charge in [-0.05, 0) is 33.4 Å². The Balaban J connectivity index is 2.19. The van der Waals surface area contributed by atoms with Gasteiger partial charge >= 0.3 is 0 Å². The van der Waals surface area contributed by atoms with Gasteiger partial charge in [0.1, 0.15) is 4.60 Å². The maximum absolute atomic E-state index is 5.95. The van der Waals surface area contributed by atoms with E-state index < -0.39 is 0 Å². The minimum atomic E-state index is 0.738. The van der Waals surface area contributed by atoms with Crippen LogP contribution in [0.15, 0.2) is 28.3 Å². The Morgan fingerprint density at radius 3 is 2.92 bits per heavy atom. The maximum Gasteiger partial charge on any atom is 0.128 e. The standard InChI is InChI=1S/C8H6BrClN2S/c9-8-1-3-12(11-8)5-7-6(10)2-4-13-7/h1-4H,5H2. The summed E-state index contributed by atoms with van der Waals surface area (Å²) >= 11 is 10.9. The first kappa shape index (κ1) is 9.24. The van der Waals surface area contributed by atoms with E-state index in [2.05, 4.69) is 21.0 Å². The summed E-state index contributed by atoms with van der Waals surface area (Å²) in [4.78, 5) is 1.14. The largest absolute Gasteiger partial charge is 0.266 e. The number of nitrogens with zero attached hydrogens (tertiary/aromatic N) is 2. The molecule has 2 heterocycles. The SMILES string of the molecule is Clc1ccsc1Cn1ccc(Br)n1. The van der Waals surface area contributed by atoms with Crippen molar-refractivity contribution in [1.29, 1.82) is 0 Å². The molecule has 0 bridgehead atoms. The summed E-state index contributed by atoms with van der Waals surface area (Å²) in [7, 11) is 0. The molecule has 0 fully saturated rings. The molecular weight excluding hydrogens is 272 g/mol. The first-order chi connectivity index (χ1) is 6.25. The normalized spacial score (nSPS) is 10.6. The molecule has 2 nitrogen and oxygen atoms in total. The number of hydrogen-bond acceptors (Lipinski definition) is 2. The van der Waals surface area contributed by atoms with Crippen LogP contribution in [0.25, 0.3) is 0 Å². The summed E-state index contributed by atoms with van der Waals surface area (Å²) in [6.07, 6.45) is 1.92. The van der Waals surface area contributed by atoms with E-state index in [9.17, 15) is 0 Å². The number of halogens is 2. The van der Waals surface area contributed by atoms with E-state index in [1.165, 1.54) is 0 Å². The molecule has 0 aliphatic heterocycles. The fourth-order valence-electron chi connectivity index (χ4n) is 1.01. The van der Waals surface area contributed by atoms with E-state index in [0.717, 1.165) is 21.0 Å². The van der Waals surface area contributed by atoms with Gasteiger partial charge in [-0.3, -0.25) is 4.68 Å². The monoisotopic (exact) mass is 276 g/mol. The second kappa shape index (κ2) is 3.82. The van der Waals surface area contributed by atoms with Gasteiger partial charge < -0.3 is 0 Å². The highest BCUT2D eigenvalue weighted by atomic mass is 79.9. The molecule has 0 aliphatic rings. The van der Waals surface area contributed by atoms with E-state index in [-0.39, 0.29) is 0 Å². The minimum Gasteiger partial charge on any atom is -0.266 e. The molecule has 0 unspecified atom stereocenters. The lowest BCUT2D eigenvalue weighted by Crippen LogP contribution is -1.98. The second-order valence-electron chi connectivity index (χ2n) is 2.53. The van der Waals surface area contributed by atoms with Crippen molar-refractivity contribution in [3.63, 3.8) is 0 Å². The van der Waals surface area contributed by atoms with Crippen LogP contribution in [0.2, 0.25) is 5.02 Å². The van der Waals surface area contributed by atoms with Crippen molar-refractivity contribution in [2.45, 2.75) is 6.54 Å². The van der Waals surface area contributed by atoms with Crippen molar-refractivity contribution in [3.05, 3.63) is 38.2 Å². The zero-order valence-electron chi connectivity index (χ0n) is 6.58. The Labute approximate surface area is 93.3 Å². The second-order valence-corrected chi connectivity index (χ2v) is 4.75. The fraction of sp³-hybridized carbons (Fsp3) is 0.125. The first-order valence-corrected chi connectivity index (χ1v) is 5.71. The zero-order chi connectivity index (χ0) is 9.26. The molecule has 0 saturated carbocycles. The lowest BCUT2D eigenvalue weighted by atomic mass is 10.5. The van der Waals surface area contributed by atoms with Gasteiger partial charge in [-0.25, -0.2) is 0 Å². The molecule has 0 spiro atoms. The summed E-state index contributed by atoms with van der Waals surface area (Å²) in [6.45, 7) is 0.738. The summed E-state index contributed by atoms with van der Waals surface area (Å²) in [6, 6.07) is 3.81. The van der Waals surface area contributed by atoms with Gasteiger partial charge in [-0.2, -0.15) is 5.10 Å². The van der Waals surface area contributed by atoms with Gasteiger partial charge in [0.25, 0.3) is 0 Å². The summed E-state index contributed by atoms with van der Waals surface area (Å²) < 4.78 is 2.70. The van der Waals surface area contributed by atoms with E-state index in [0.29, 0.717) is 0 Å². The van der Waals surface area contributed by atoms with Crippen molar-refractivity contribution in [3.8, 4) is 0 Å². The third-order valence-electron chi connectivity index (χ3n) is 1.60. The topological polar surface area (TPSA) is 17.8 Å². The average Bonchev–Trinajstić information content (AvgIpc) is 2.64. The summed E-state index contributed by atoms with van der Waals surface area (Å²) in [5.74, 6) is 0. The Hall–Kier alpha value is -0.320. The number of thiophene rings is 1. The summed E-state index contributed by atoms with van der Waals surface area (Å²) in [5.41, 5.74) is 0. The molecule has 0 amide bonds. The molecule has 0 N–H and O–H groups in total. The fourth-order valence-corrected chi connectivity index (χ4v) is 2.42. The smallest absolute Gasteiger partial charge is 0.128 e. The van der Waals surface area contributed by atoms with Crippen LogP contribution in [0.1, 0.15) is 4.88 Å². The molecule has 2 aromatic heterocycles. The average molecular weight is 278 g/mol. The quantitative estimate of drug-likeness (QED) is 0.822. The third-order valence-corrected chi connectivity index (χ3v) is 3.40. The lowest BCUT2D eigenvalue weighted by molar-refractivity contribution is 0.689. The molecule has 0 atom stereocenters. The van der Waals surface area contributed by atoms with Crippen LogP contribution in [0, 0.1) is 0 Å². The van der Waals surface area contributed by atoms with Crippen LogP contribution in [-0.4, -0.2) is 9.78 Å². The Morgan fingerprint density at radius 1 is 1.54 bits per heavy atom. The van der Waals surface area contributed by atoms with Crippen LogP contribution in [-0.2, 0) is 6.54 Å². The third kappa shape index (κ3) is 2.13. The number of hydrogen-bond donors (Lipinski definition) is 0. The molecule has 0 radical (unpaired) electrons. The Kier molecular flexibility index (Phi) is 2.71. The van der Waals surface area contributed by atoms with Crippen LogP contribution in [0.3, 0.4) is 0 Å². The van der Waals surface area contributed by atoms with Crippen LogP contribution < -0.4 is 0 Å². The van der Waals surface area contributed by atoms with Crippen molar-refractivity contribution < 1.29 is 0 Å². The van der Waals surface area contributed by atoms with Crippen LogP contribution in [0.5, 0.6) is 0 Å². The zero-order valence-corrected chi connectivity index (χ0v) is 9.73. The molecule has 2 aromatic rings. The molecule has 2 rings (SSSR count). The Bertz CT molecular complexity index is 410. The number of rotatable bonds is 2. The predicted octanol–water partition coefficient (Wildman–Crippen LogP) is 3.41. The van der Waals surface area contributed by atoms with E-state index in [4.69, 9.17) is 11.6 Å². The van der Waals surface area contributed by atoms with Crippen molar-refractivity contribution in [2.24, 2.45) is 0 Å². The van der Waals surface area contributed by atoms with Crippen molar-refractivity contribution >= 4 is 38.9 Å². The highest BCUT2D eigenvalue weighted by Crippen LogP contribution is 2.22. The van der Waals surface area contributed by atoms with E-state index in [1.54, 1.807) is 11.3 Å². The molecule has 0 aliphatic carbocycles. The van der Waals surface area contributed by atoms with Crippen LogP contribution in [0.4, 0.5) is 0 Å². The highest BCUT2D eigenvalue weighted by molar-refractivity contribution is 9.10. The van der Waals surface area contributed by atoms with Gasteiger partial charge in [-0.1, -0.05) is 11.6 Å². The maximum atomic E-state index is 5.95. The van der Waals surface area contributed by atoms with Crippen molar-refractivity contribution in [1.82, 2.24) is 9.78 Å². The first-order valence-electron chi connectivity index (χ1n) is 3.66. The van der Waals surface area contributed by atoms with Gasteiger partial charge in [-0.15, -0.1) is 11.3 Å². The minimum absolute atomic E-state index is 0.738. The summed E-state index contributed by atoms with van der Waals surface area (Å²) in [5, 5.41) is 7.01. The van der Waals surface area contributed by atoms with Gasteiger partial charge in [0.15, 0.2) is 0 Å². The number of aromatic nitrogens is 2. The molecule has 5 heteroatoms. The molecular formula is C8H6BrClN2S. The van der Waals surface area contributed by atoms with Gasteiger partial charge in [0.05, 0.1) is 11.6 Å². The molecule has 13 heavy (non-hydrogen) atoms. The van der Waals surface area contributed by atoms with Crippen molar-refractivity contribution in [2.75, 3.05) is 0 Å². The van der Waals surface area contributed by atoms with Crippen LogP contribution >= 0.6 is 38.9 Å². The lowest BCUT2D eigenvalue weighted by Gasteiger charge is -1.98. The predicted molar refractivity (Wildman–Crippen MR) is 58.4 cm³/mol. The highest BCUT2D eigenvalue weighted by Gasteiger charge is 2.03.